The zero-order valence-corrected chi connectivity index (χ0v) is 10.7. The third-order valence-corrected chi connectivity index (χ3v) is 3.37. The number of nitrogens with two attached hydrogens (primary N) is 1. The first-order chi connectivity index (χ1) is 8.45. The van der Waals surface area contributed by atoms with Crippen LogP contribution >= 0.6 is 0 Å². The molecule has 0 fully saturated rings. The van der Waals surface area contributed by atoms with Gasteiger partial charge in [-0.1, -0.05) is 0 Å². The van der Waals surface area contributed by atoms with Crippen LogP contribution in [-0.4, -0.2) is 8.42 Å². The highest BCUT2D eigenvalue weighted by atomic mass is 32.2. The molecular weight excluding hydrogens is 252 g/mol. The quantitative estimate of drug-likeness (QED) is 0.884. The fraction of sp³-hybridized carbons (Fsp3) is 0.167. The summed E-state index contributed by atoms with van der Waals surface area (Å²) in [4.78, 5) is 0.0990. The van der Waals surface area contributed by atoms with E-state index in [1.165, 1.54) is 12.1 Å². The molecule has 0 saturated heterocycles. The number of sulfonamides is 1. The minimum atomic E-state index is -3.63. The Bertz CT molecular complexity index is 630. The largest absolute Gasteiger partial charge is 0.465 e. The van der Waals surface area contributed by atoms with Crippen molar-refractivity contribution in [1.82, 2.24) is 0 Å². The molecule has 6 heteroatoms. The Balaban J connectivity index is 2.03. The highest BCUT2D eigenvalue weighted by Crippen LogP contribution is 2.14. The number of rotatable bonds is 4. The van der Waals surface area contributed by atoms with E-state index in [1.807, 2.05) is 19.1 Å². The molecule has 1 aromatic heterocycles. The van der Waals surface area contributed by atoms with E-state index in [-0.39, 0.29) is 4.90 Å². The predicted octanol–water partition coefficient (Wildman–Crippen LogP) is 1.85. The molecule has 2 rings (SSSR count). The summed E-state index contributed by atoms with van der Waals surface area (Å²) in [5, 5.41) is 8.13. The van der Waals surface area contributed by atoms with Crippen LogP contribution in [0, 0.1) is 6.92 Å². The normalized spacial score (nSPS) is 11.4. The number of anilines is 1. The number of benzene rings is 1. The maximum absolute atomic E-state index is 11.1. The third kappa shape index (κ3) is 3.12. The average molecular weight is 266 g/mol. The van der Waals surface area contributed by atoms with Gasteiger partial charge in [0.1, 0.15) is 11.5 Å². The monoisotopic (exact) mass is 266 g/mol. The van der Waals surface area contributed by atoms with Crippen molar-refractivity contribution in [1.29, 1.82) is 0 Å². The summed E-state index contributed by atoms with van der Waals surface area (Å²) in [6, 6.07) is 10.0. The smallest absolute Gasteiger partial charge is 0.238 e. The van der Waals surface area contributed by atoms with Gasteiger partial charge in [-0.25, -0.2) is 13.6 Å². The molecule has 0 aliphatic rings. The van der Waals surface area contributed by atoms with Gasteiger partial charge in [0, 0.05) is 5.69 Å². The molecule has 5 nitrogen and oxygen atoms in total. The highest BCUT2D eigenvalue weighted by molar-refractivity contribution is 7.89. The van der Waals surface area contributed by atoms with Crippen LogP contribution in [0.1, 0.15) is 11.5 Å². The number of nitrogens with one attached hydrogen (secondary N) is 1. The van der Waals surface area contributed by atoms with Crippen molar-refractivity contribution < 1.29 is 12.8 Å². The van der Waals surface area contributed by atoms with Crippen LogP contribution in [0.15, 0.2) is 45.7 Å². The standard InChI is InChI=1S/C12H14N2O3S/c1-9-2-5-11(17-9)8-14-10-3-6-12(7-4-10)18(13,15)16/h2-7,14H,8H2,1H3,(H2,13,15,16). The van der Waals surface area contributed by atoms with Gasteiger partial charge in [0.25, 0.3) is 0 Å². The van der Waals surface area contributed by atoms with E-state index in [0.29, 0.717) is 6.54 Å². The zero-order chi connectivity index (χ0) is 13.2. The van der Waals surface area contributed by atoms with Crippen LogP contribution in [0.4, 0.5) is 5.69 Å². The molecule has 0 bridgehead atoms. The van der Waals surface area contributed by atoms with E-state index in [1.54, 1.807) is 12.1 Å². The summed E-state index contributed by atoms with van der Waals surface area (Å²) >= 11 is 0. The third-order valence-electron chi connectivity index (χ3n) is 2.45. The zero-order valence-electron chi connectivity index (χ0n) is 9.88. The van der Waals surface area contributed by atoms with Gasteiger partial charge in [0.15, 0.2) is 0 Å². The van der Waals surface area contributed by atoms with Gasteiger partial charge in [-0.15, -0.1) is 0 Å². The van der Waals surface area contributed by atoms with Crippen LogP contribution in [0.3, 0.4) is 0 Å². The molecule has 0 amide bonds. The van der Waals surface area contributed by atoms with E-state index in [2.05, 4.69) is 5.32 Å². The van der Waals surface area contributed by atoms with Gasteiger partial charge in [0.05, 0.1) is 11.4 Å². The molecule has 0 spiro atoms. The maximum atomic E-state index is 11.1. The molecule has 0 aliphatic heterocycles. The van der Waals surface area contributed by atoms with Crippen LogP contribution in [0.5, 0.6) is 0 Å². The molecule has 0 saturated carbocycles. The molecule has 96 valence electrons. The van der Waals surface area contributed by atoms with Crippen LogP contribution in [0.25, 0.3) is 0 Å². The van der Waals surface area contributed by atoms with Crippen molar-refractivity contribution in [3.8, 4) is 0 Å². The molecule has 18 heavy (non-hydrogen) atoms. The van der Waals surface area contributed by atoms with Gasteiger partial charge in [0.2, 0.25) is 10.0 Å². The number of hydrogen-bond acceptors (Lipinski definition) is 4. The summed E-state index contributed by atoms with van der Waals surface area (Å²) in [5.41, 5.74) is 0.802. The second kappa shape index (κ2) is 4.83. The molecule has 0 radical (unpaired) electrons. The molecule has 0 unspecified atom stereocenters. The van der Waals surface area contributed by atoms with E-state index in [9.17, 15) is 8.42 Å². The van der Waals surface area contributed by atoms with Crippen molar-refractivity contribution in [2.24, 2.45) is 5.14 Å². The van der Waals surface area contributed by atoms with Gasteiger partial charge in [-0.05, 0) is 43.3 Å². The van der Waals surface area contributed by atoms with E-state index in [4.69, 9.17) is 9.56 Å². The lowest BCUT2D eigenvalue weighted by Gasteiger charge is -2.05. The Labute approximate surface area is 106 Å². The maximum Gasteiger partial charge on any atom is 0.238 e. The molecular formula is C12H14N2O3S. The summed E-state index contributed by atoms with van der Waals surface area (Å²) in [6.45, 7) is 2.42. The van der Waals surface area contributed by atoms with Crippen molar-refractivity contribution in [3.63, 3.8) is 0 Å². The fourth-order valence-electron chi connectivity index (χ4n) is 1.53. The first-order valence-corrected chi connectivity index (χ1v) is 6.92. The number of furan rings is 1. The van der Waals surface area contributed by atoms with E-state index in [0.717, 1.165) is 17.2 Å². The second-order valence-corrected chi connectivity index (χ2v) is 5.50. The average Bonchev–Trinajstić information content (AvgIpc) is 2.72. The topological polar surface area (TPSA) is 85.3 Å². The lowest BCUT2D eigenvalue weighted by molar-refractivity contribution is 0.490. The SMILES string of the molecule is Cc1ccc(CNc2ccc(S(N)(=O)=O)cc2)o1. The summed E-state index contributed by atoms with van der Waals surface area (Å²) in [5.74, 6) is 1.68. The van der Waals surface area contributed by atoms with Gasteiger partial charge in [-0.3, -0.25) is 0 Å². The predicted molar refractivity (Wildman–Crippen MR) is 68.6 cm³/mol. The number of aryl methyl sites for hydroxylation is 1. The van der Waals surface area contributed by atoms with E-state index < -0.39 is 10.0 Å². The van der Waals surface area contributed by atoms with Crippen molar-refractivity contribution in [2.45, 2.75) is 18.4 Å². The molecule has 2 aromatic rings. The Morgan fingerprint density at radius 3 is 2.33 bits per heavy atom. The lowest BCUT2D eigenvalue weighted by atomic mass is 10.3. The van der Waals surface area contributed by atoms with Gasteiger partial charge >= 0.3 is 0 Å². The summed E-state index contributed by atoms with van der Waals surface area (Å²) < 4.78 is 27.5. The Morgan fingerprint density at radius 1 is 1.17 bits per heavy atom. The van der Waals surface area contributed by atoms with Crippen LogP contribution in [0.2, 0.25) is 0 Å². The van der Waals surface area contributed by atoms with Crippen molar-refractivity contribution >= 4 is 15.7 Å². The first-order valence-electron chi connectivity index (χ1n) is 5.37. The molecule has 0 aliphatic carbocycles. The molecule has 1 heterocycles. The minimum absolute atomic E-state index is 0.0990. The molecule has 1 aromatic carbocycles. The first kappa shape index (κ1) is 12.7. The van der Waals surface area contributed by atoms with Crippen molar-refractivity contribution in [3.05, 3.63) is 47.9 Å². The highest BCUT2D eigenvalue weighted by Gasteiger charge is 2.06. The number of primary sulfonamides is 1. The summed E-state index contributed by atoms with van der Waals surface area (Å²) in [7, 11) is -3.63. The van der Waals surface area contributed by atoms with Crippen LogP contribution < -0.4 is 10.5 Å². The Hall–Kier alpha value is -1.79. The van der Waals surface area contributed by atoms with E-state index >= 15 is 0 Å². The molecule has 3 N–H and O–H groups in total. The molecule has 0 atom stereocenters. The fourth-order valence-corrected chi connectivity index (χ4v) is 2.05. The van der Waals surface area contributed by atoms with Gasteiger partial charge < -0.3 is 9.73 Å². The van der Waals surface area contributed by atoms with Crippen LogP contribution in [-0.2, 0) is 16.6 Å². The Kier molecular flexibility index (Phi) is 3.40. The lowest BCUT2D eigenvalue weighted by Crippen LogP contribution is -2.11. The number of hydrogen-bond donors (Lipinski definition) is 2. The minimum Gasteiger partial charge on any atom is -0.465 e. The Morgan fingerprint density at radius 2 is 1.83 bits per heavy atom. The van der Waals surface area contributed by atoms with Gasteiger partial charge in [-0.2, -0.15) is 0 Å². The van der Waals surface area contributed by atoms with Crippen molar-refractivity contribution in [2.75, 3.05) is 5.32 Å². The second-order valence-electron chi connectivity index (χ2n) is 3.94. The summed E-state index contributed by atoms with van der Waals surface area (Å²) in [6.07, 6.45) is 0.